The van der Waals surface area contributed by atoms with Crippen molar-refractivity contribution in [1.82, 2.24) is 4.57 Å². The molecule has 6 heteroatoms. The molecule has 0 saturated carbocycles. The van der Waals surface area contributed by atoms with Crippen LogP contribution in [0.25, 0.3) is 10.9 Å². The molecule has 1 heterocycles. The minimum Gasteiger partial charge on any atom is -0.462 e. The number of fused-ring (bicyclic) bond motifs is 1. The van der Waals surface area contributed by atoms with Gasteiger partial charge in [-0.05, 0) is 68.3 Å². The molecule has 0 bridgehead atoms. The molecule has 0 aliphatic rings. The third-order valence-electron chi connectivity index (χ3n) is 4.63. The van der Waals surface area contributed by atoms with Gasteiger partial charge in [0.15, 0.2) is 0 Å². The average Bonchev–Trinajstić information content (AvgIpc) is 2.98. The lowest BCUT2D eigenvalue weighted by Gasteiger charge is -2.10. The minimum absolute atomic E-state index is 0.201. The number of nitrogens with zero attached hydrogens (tertiary/aromatic N) is 1. The lowest BCUT2D eigenvalue weighted by molar-refractivity contribution is 0.0505. The van der Waals surface area contributed by atoms with E-state index in [2.05, 4.69) is 5.32 Å². The van der Waals surface area contributed by atoms with E-state index >= 15 is 0 Å². The molecule has 0 atom stereocenters. The van der Waals surface area contributed by atoms with Crippen LogP contribution in [0, 0.1) is 6.92 Å². The number of rotatable bonds is 6. The molecule has 0 fully saturated rings. The summed E-state index contributed by atoms with van der Waals surface area (Å²) in [6.45, 7) is 6.92. The number of esters is 1. The topological polar surface area (TPSA) is 60.3 Å². The van der Waals surface area contributed by atoms with Gasteiger partial charge >= 0.3 is 5.97 Å². The Morgan fingerprint density at radius 2 is 1.82 bits per heavy atom. The third kappa shape index (κ3) is 3.90. The van der Waals surface area contributed by atoms with E-state index < -0.39 is 0 Å². The maximum Gasteiger partial charge on any atom is 0.338 e. The lowest BCUT2D eigenvalue weighted by Crippen LogP contribution is -2.18. The fourth-order valence-corrected chi connectivity index (χ4v) is 3.45. The second kappa shape index (κ2) is 8.48. The van der Waals surface area contributed by atoms with Gasteiger partial charge in [-0.15, -0.1) is 0 Å². The highest BCUT2D eigenvalue weighted by molar-refractivity contribution is 6.31. The minimum atomic E-state index is -0.362. The summed E-state index contributed by atoms with van der Waals surface area (Å²) in [6, 6.07) is 12.3. The van der Waals surface area contributed by atoms with Crippen molar-refractivity contribution >= 4 is 40.1 Å². The molecule has 3 rings (SSSR count). The van der Waals surface area contributed by atoms with Gasteiger partial charge in [0.2, 0.25) is 0 Å². The van der Waals surface area contributed by atoms with Gasteiger partial charge in [-0.2, -0.15) is 0 Å². The molecule has 0 saturated heterocycles. The Morgan fingerprint density at radius 3 is 2.46 bits per heavy atom. The Kier molecular flexibility index (Phi) is 6.05. The van der Waals surface area contributed by atoms with Gasteiger partial charge in [0.05, 0.1) is 12.2 Å². The molecule has 0 unspecified atom stereocenters. The van der Waals surface area contributed by atoms with E-state index in [1.807, 2.05) is 43.5 Å². The fraction of sp³-hybridized carbons (Fsp3) is 0.273. The summed E-state index contributed by atoms with van der Waals surface area (Å²) in [4.78, 5) is 24.9. The Balaban J connectivity index is 1.85. The Hall–Kier alpha value is -2.79. The van der Waals surface area contributed by atoms with Gasteiger partial charge in [-0.3, -0.25) is 4.79 Å². The second-order valence-electron chi connectivity index (χ2n) is 6.55. The molecule has 1 N–H and O–H groups in total. The highest BCUT2D eigenvalue weighted by Crippen LogP contribution is 2.29. The number of hydrogen-bond donors (Lipinski definition) is 1. The van der Waals surface area contributed by atoms with E-state index in [9.17, 15) is 9.59 Å². The SMILES string of the molecule is CCCOC(=O)c1ccc(NC(=O)c2c(C)c3cc(Cl)ccc3n2CC)cc1. The van der Waals surface area contributed by atoms with Gasteiger partial charge in [0, 0.05) is 28.2 Å². The van der Waals surface area contributed by atoms with Gasteiger partial charge in [-0.25, -0.2) is 4.79 Å². The van der Waals surface area contributed by atoms with E-state index in [1.165, 1.54) is 0 Å². The summed E-state index contributed by atoms with van der Waals surface area (Å²) < 4.78 is 7.10. The van der Waals surface area contributed by atoms with Crippen LogP contribution in [0.2, 0.25) is 5.02 Å². The first-order valence-corrected chi connectivity index (χ1v) is 9.71. The van der Waals surface area contributed by atoms with Crippen LogP contribution in [0.15, 0.2) is 42.5 Å². The number of aryl methyl sites for hydroxylation is 2. The van der Waals surface area contributed by atoms with Gasteiger partial charge in [0.25, 0.3) is 5.91 Å². The van der Waals surface area contributed by atoms with Crippen molar-refractivity contribution in [3.63, 3.8) is 0 Å². The molecular weight excluding hydrogens is 376 g/mol. The highest BCUT2D eigenvalue weighted by Gasteiger charge is 2.20. The smallest absolute Gasteiger partial charge is 0.338 e. The second-order valence-corrected chi connectivity index (χ2v) is 6.98. The van der Waals surface area contributed by atoms with Crippen molar-refractivity contribution in [3.8, 4) is 0 Å². The first-order chi connectivity index (χ1) is 13.5. The number of anilines is 1. The zero-order chi connectivity index (χ0) is 20.3. The van der Waals surface area contributed by atoms with Crippen LogP contribution >= 0.6 is 11.6 Å². The van der Waals surface area contributed by atoms with Crippen LogP contribution in [0.4, 0.5) is 5.69 Å². The molecular formula is C22H23ClN2O3. The van der Waals surface area contributed by atoms with E-state index in [4.69, 9.17) is 16.3 Å². The third-order valence-corrected chi connectivity index (χ3v) is 4.86. The monoisotopic (exact) mass is 398 g/mol. The molecule has 0 aliphatic carbocycles. The Morgan fingerprint density at radius 1 is 1.11 bits per heavy atom. The van der Waals surface area contributed by atoms with Crippen LogP contribution in [0.3, 0.4) is 0 Å². The number of aromatic nitrogens is 1. The van der Waals surface area contributed by atoms with Gasteiger partial charge in [0.1, 0.15) is 5.69 Å². The first-order valence-electron chi connectivity index (χ1n) is 9.33. The van der Waals surface area contributed by atoms with E-state index in [0.717, 1.165) is 22.9 Å². The van der Waals surface area contributed by atoms with Gasteiger partial charge < -0.3 is 14.6 Å². The maximum atomic E-state index is 13.0. The largest absolute Gasteiger partial charge is 0.462 e. The molecule has 146 valence electrons. The number of carbonyl (C=O) groups is 2. The maximum absolute atomic E-state index is 13.0. The summed E-state index contributed by atoms with van der Waals surface area (Å²) >= 11 is 6.13. The van der Waals surface area contributed by atoms with E-state index in [1.54, 1.807) is 24.3 Å². The molecule has 1 aromatic heterocycles. The summed E-state index contributed by atoms with van der Waals surface area (Å²) in [5, 5.41) is 4.52. The van der Waals surface area contributed by atoms with Crippen LogP contribution in [-0.2, 0) is 11.3 Å². The first kappa shape index (κ1) is 20.0. The van der Waals surface area contributed by atoms with Crippen LogP contribution < -0.4 is 5.32 Å². The fourth-order valence-electron chi connectivity index (χ4n) is 3.27. The van der Waals surface area contributed by atoms with Crippen molar-refractivity contribution < 1.29 is 14.3 Å². The number of amides is 1. The number of benzene rings is 2. The van der Waals surface area contributed by atoms with Crippen molar-refractivity contribution in [1.29, 1.82) is 0 Å². The van der Waals surface area contributed by atoms with Crippen molar-refractivity contribution in [3.05, 3.63) is 64.3 Å². The average molecular weight is 399 g/mol. The van der Waals surface area contributed by atoms with Crippen LogP contribution in [-0.4, -0.2) is 23.1 Å². The van der Waals surface area contributed by atoms with E-state index in [-0.39, 0.29) is 11.9 Å². The molecule has 1 amide bonds. The molecule has 0 spiro atoms. The van der Waals surface area contributed by atoms with Crippen molar-refractivity contribution in [2.75, 3.05) is 11.9 Å². The quantitative estimate of drug-likeness (QED) is 0.562. The number of nitrogens with one attached hydrogen (secondary N) is 1. The zero-order valence-electron chi connectivity index (χ0n) is 16.2. The van der Waals surface area contributed by atoms with Crippen molar-refractivity contribution in [2.24, 2.45) is 0 Å². The molecule has 5 nitrogen and oxygen atoms in total. The molecule has 28 heavy (non-hydrogen) atoms. The Labute approximate surface area is 169 Å². The van der Waals surface area contributed by atoms with E-state index in [0.29, 0.717) is 35.1 Å². The number of halogens is 1. The van der Waals surface area contributed by atoms with Gasteiger partial charge in [-0.1, -0.05) is 18.5 Å². The molecule has 3 aromatic rings. The summed E-state index contributed by atoms with van der Waals surface area (Å²) in [6.07, 6.45) is 0.774. The predicted molar refractivity (Wildman–Crippen MR) is 112 cm³/mol. The highest BCUT2D eigenvalue weighted by atomic mass is 35.5. The molecule has 0 aliphatic heterocycles. The molecule has 2 aromatic carbocycles. The van der Waals surface area contributed by atoms with Crippen LogP contribution in [0.1, 0.15) is 46.7 Å². The van der Waals surface area contributed by atoms with Crippen LogP contribution in [0.5, 0.6) is 0 Å². The lowest BCUT2D eigenvalue weighted by atomic mass is 10.1. The Bertz CT molecular complexity index is 1020. The normalized spacial score (nSPS) is 10.9. The predicted octanol–water partition coefficient (Wildman–Crippen LogP) is 5.44. The summed E-state index contributed by atoms with van der Waals surface area (Å²) in [5.41, 5.74) is 3.54. The number of hydrogen-bond acceptors (Lipinski definition) is 3. The summed E-state index contributed by atoms with van der Waals surface area (Å²) in [5.74, 6) is -0.563. The molecule has 0 radical (unpaired) electrons. The number of carbonyl (C=O) groups excluding carboxylic acids is 2. The zero-order valence-corrected chi connectivity index (χ0v) is 17.0. The van der Waals surface area contributed by atoms with Crippen molar-refractivity contribution in [2.45, 2.75) is 33.7 Å². The summed E-state index contributed by atoms with van der Waals surface area (Å²) in [7, 11) is 0. The standard InChI is InChI=1S/C22H23ClN2O3/c1-4-12-28-22(27)15-6-9-17(10-7-15)24-21(26)20-14(3)18-13-16(23)8-11-19(18)25(20)5-2/h6-11,13H,4-5,12H2,1-3H3,(H,24,26). The number of ether oxygens (including phenoxy) is 1.